The molecule has 35 heavy (non-hydrogen) atoms. The molecule has 2 heterocycles. The number of benzene rings is 3. The van der Waals surface area contributed by atoms with Crippen molar-refractivity contribution in [2.45, 2.75) is 38.1 Å². The number of fused-ring (bicyclic) bond motifs is 1. The molecule has 3 aromatic carbocycles. The molecule has 0 atom stereocenters. The number of carbonyl (C=O) groups is 1. The molecule has 1 aromatic heterocycles. The highest BCUT2D eigenvalue weighted by Gasteiger charge is 2.28. The fraction of sp³-hybridized carbons (Fsp3) is 0.286. The van der Waals surface area contributed by atoms with Crippen molar-refractivity contribution in [3.63, 3.8) is 0 Å². The summed E-state index contributed by atoms with van der Waals surface area (Å²) >= 11 is 0. The van der Waals surface area contributed by atoms with Gasteiger partial charge in [-0.2, -0.15) is 0 Å². The molecule has 0 radical (unpaired) electrons. The summed E-state index contributed by atoms with van der Waals surface area (Å²) in [7, 11) is 0. The summed E-state index contributed by atoms with van der Waals surface area (Å²) in [5.74, 6) is 3.49. The van der Waals surface area contributed by atoms with E-state index in [0.717, 1.165) is 52.5 Å². The van der Waals surface area contributed by atoms with Crippen molar-refractivity contribution in [3.8, 4) is 23.0 Å². The number of ether oxygens (including phenoxy) is 3. The first-order valence-electron chi connectivity index (χ1n) is 11.9. The minimum absolute atomic E-state index is 0.0317. The molecular formula is C28H26N2O5. The zero-order valence-electron chi connectivity index (χ0n) is 19.4. The minimum atomic E-state index is -0.861. The topological polar surface area (TPSA) is 82.8 Å². The summed E-state index contributed by atoms with van der Waals surface area (Å²) in [5, 5.41) is 9.08. The van der Waals surface area contributed by atoms with Crippen LogP contribution >= 0.6 is 0 Å². The van der Waals surface area contributed by atoms with Crippen molar-refractivity contribution in [3.05, 3.63) is 77.6 Å². The van der Waals surface area contributed by atoms with Gasteiger partial charge in [-0.15, -0.1) is 0 Å². The Kier molecular flexibility index (Phi) is 5.41. The summed E-state index contributed by atoms with van der Waals surface area (Å²) in [4.78, 5) is 15.7. The van der Waals surface area contributed by atoms with E-state index in [1.165, 1.54) is 0 Å². The summed E-state index contributed by atoms with van der Waals surface area (Å²) in [5.41, 5.74) is 3.83. The van der Waals surface area contributed by atoms with Gasteiger partial charge in [0.1, 0.15) is 28.8 Å². The number of carboxylic acid groups (broad SMARTS) is 1. The van der Waals surface area contributed by atoms with Crippen LogP contribution in [0.25, 0.3) is 11.0 Å². The monoisotopic (exact) mass is 470 g/mol. The third-order valence-electron chi connectivity index (χ3n) is 6.54. The average molecular weight is 471 g/mol. The maximum absolute atomic E-state index is 11.1. The van der Waals surface area contributed by atoms with Gasteiger partial charge in [-0.25, -0.2) is 4.98 Å². The van der Waals surface area contributed by atoms with Gasteiger partial charge in [0.2, 0.25) is 0 Å². The Morgan fingerprint density at radius 2 is 1.80 bits per heavy atom. The number of carboxylic acids is 1. The second kappa shape index (κ2) is 8.74. The van der Waals surface area contributed by atoms with Gasteiger partial charge in [0.15, 0.2) is 0 Å². The molecule has 4 aromatic rings. The van der Waals surface area contributed by atoms with Crippen LogP contribution in [0.2, 0.25) is 0 Å². The average Bonchev–Trinajstić information content (AvgIpc) is 3.59. The minimum Gasteiger partial charge on any atom is -0.481 e. The third kappa shape index (κ3) is 4.47. The Balaban J connectivity index is 1.26. The third-order valence-corrected chi connectivity index (χ3v) is 6.54. The number of hydrogen-bond acceptors (Lipinski definition) is 5. The molecule has 1 N–H and O–H groups in total. The predicted molar refractivity (Wildman–Crippen MR) is 131 cm³/mol. The number of aryl methyl sites for hydroxylation is 1. The first kappa shape index (κ1) is 21.7. The van der Waals surface area contributed by atoms with Gasteiger partial charge in [-0.3, -0.25) is 4.79 Å². The van der Waals surface area contributed by atoms with Crippen LogP contribution in [0.1, 0.15) is 41.8 Å². The number of nitrogens with zero attached hydrogens (tertiary/aromatic N) is 2. The lowest BCUT2D eigenvalue weighted by atomic mass is 10.1. The van der Waals surface area contributed by atoms with E-state index in [4.69, 9.17) is 19.3 Å². The van der Waals surface area contributed by atoms with Crippen LogP contribution in [0.3, 0.4) is 0 Å². The van der Waals surface area contributed by atoms with E-state index in [-0.39, 0.29) is 6.42 Å². The van der Waals surface area contributed by atoms with E-state index < -0.39 is 5.97 Å². The predicted octanol–water partition coefficient (Wildman–Crippen LogP) is 6.01. The molecule has 7 heteroatoms. The van der Waals surface area contributed by atoms with Crippen LogP contribution in [-0.4, -0.2) is 33.8 Å². The lowest BCUT2D eigenvalue weighted by Crippen LogP contribution is -2.31. The molecule has 1 saturated carbocycles. The summed E-state index contributed by atoms with van der Waals surface area (Å²) in [6.07, 6.45) is 2.20. The number of rotatable bonds is 8. The standard InChI is InChI=1S/C28H26N2O5/c1-17-29-25-9-7-23(14-26(25)30(17)20-15-33-16-20)34-22-8-10-27(24(13-22)19-5-6-19)35-21-4-2-3-18(11-21)12-28(31)32/h2-4,7-11,13-14,19-20H,5-6,12,15-16H2,1H3,(H,31,32). The Morgan fingerprint density at radius 1 is 1.03 bits per heavy atom. The largest absolute Gasteiger partial charge is 0.481 e. The normalized spacial score (nSPS) is 15.7. The second-order valence-corrected chi connectivity index (χ2v) is 9.27. The van der Waals surface area contributed by atoms with Gasteiger partial charge < -0.3 is 23.9 Å². The molecule has 0 bridgehead atoms. The number of aliphatic carboxylic acids is 1. The zero-order chi connectivity index (χ0) is 23.9. The highest BCUT2D eigenvalue weighted by molar-refractivity contribution is 5.78. The molecule has 0 amide bonds. The molecule has 0 spiro atoms. The maximum Gasteiger partial charge on any atom is 0.307 e. The van der Waals surface area contributed by atoms with Crippen LogP contribution in [-0.2, 0) is 16.0 Å². The Hall–Kier alpha value is -3.84. The Bertz CT molecular complexity index is 1420. The van der Waals surface area contributed by atoms with Gasteiger partial charge >= 0.3 is 5.97 Å². The second-order valence-electron chi connectivity index (χ2n) is 9.27. The molecule has 2 aliphatic rings. The molecule has 7 nitrogen and oxygen atoms in total. The van der Waals surface area contributed by atoms with Crippen LogP contribution < -0.4 is 9.47 Å². The van der Waals surface area contributed by atoms with Crippen LogP contribution in [0.5, 0.6) is 23.0 Å². The van der Waals surface area contributed by atoms with E-state index in [0.29, 0.717) is 36.5 Å². The quantitative estimate of drug-likeness (QED) is 0.340. The van der Waals surface area contributed by atoms with Gasteiger partial charge in [-0.05, 0) is 73.7 Å². The van der Waals surface area contributed by atoms with E-state index >= 15 is 0 Å². The number of imidazole rings is 1. The number of aromatic nitrogens is 2. The van der Waals surface area contributed by atoms with Crippen molar-refractivity contribution in [1.82, 2.24) is 9.55 Å². The fourth-order valence-corrected chi connectivity index (χ4v) is 4.64. The van der Waals surface area contributed by atoms with Crippen molar-refractivity contribution in [2.75, 3.05) is 13.2 Å². The van der Waals surface area contributed by atoms with E-state index in [1.807, 2.05) is 49.4 Å². The van der Waals surface area contributed by atoms with Crippen molar-refractivity contribution >= 4 is 17.0 Å². The summed E-state index contributed by atoms with van der Waals surface area (Å²) in [6.45, 7) is 3.45. The van der Waals surface area contributed by atoms with Crippen molar-refractivity contribution in [1.29, 1.82) is 0 Å². The van der Waals surface area contributed by atoms with Crippen LogP contribution in [0, 0.1) is 6.92 Å². The lowest BCUT2D eigenvalue weighted by Gasteiger charge is -2.28. The zero-order valence-corrected chi connectivity index (χ0v) is 19.4. The summed E-state index contributed by atoms with van der Waals surface area (Å²) in [6, 6.07) is 19.5. The molecule has 1 aliphatic heterocycles. The molecule has 2 fully saturated rings. The lowest BCUT2D eigenvalue weighted by molar-refractivity contribution is -0.136. The maximum atomic E-state index is 11.1. The highest BCUT2D eigenvalue weighted by atomic mass is 16.5. The highest BCUT2D eigenvalue weighted by Crippen LogP contribution is 2.47. The van der Waals surface area contributed by atoms with Crippen LogP contribution in [0.15, 0.2) is 60.7 Å². The van der Waals surface area contributed by atoms with E-state index in [2.05, 4.69) is 15.6 Å². The van der Waals surface area contributed by atoms with E-state index in [9.17, 15) is 4.79 Å². The molecule has 0 unspecified atom stereocenters. The van der Waals surface area contributed by atoms with Crippen molar-refractivity contribution in [2.24, 2.45) is 0 Å². The van der Waals surface area contributed by atoms with Crippen molar-refractivity contribution < 1.29 is 24.1 Å². The summed E-state index contributed by atoms with van der Waals surface area (Å²) < 4.78 is 20.1. The van der Waals surface area contributed by atoms with Gasteiger partial charge in [0.25, 0.3) is 0 Å². The molecule has 178 valence electrons. The first-order valence-corrected chi connectivity index (χ1v) is 11.9. The van der Waals surface area contributed by atoms with Gasteiger partial charge in [0, 0.05) is 11.6 Å². The Labute approximate surface area is 202 Å². The van der Waals surface area contributed by atoms with E-state index in [1.54, 1.807) is 12.1 Å². The fourth-order valence-electron chi connectivity index (χ4n) is 4.64. The smallest absolute Gasteiger partial charge is 0.307 e. The molecule has 1 aliphatic carbocycles. The SMILES string of the molecule is Cc1nc2ccc(Oc3ccc(Oc4cccc(CC(=O)O)c4)c(C4CC4)c3)cc2n1C1COC1. The van der Waals surface area contributed by atoms with Crippen LogP contribution in [0.4, 0.5) is 0 Å². The van der Waals surface area contributed by atoms with Gasteiger partial charge in [-0.1, -0.05) is 12.1 Å². The molecule has 1 saturated heterocycles. The Morgan fingerprint density at radius 3 is 2.54 bits per heavy atom. The molecule has 6 rings (SSSR count). The number of hydrogen-bond donors (Lipinski definition) is 1. The van der Waals surface area contributed by atoms with Gasteiger partial charge in [0.05, 0.1) is 36.7 Å². The molecular weight excluding hydrogens is 444 g/mol. The first-order chi connectivity index (χ1) is 17.0.